The van der Waals surface area contributed by atoms with Crippen molar-refractivity contribution in [1.29, 1.82) is 0 Å². The number of hydrogen-bond acceptors (Lipinski definition) is 2. The van der Waals surface area contributed by atoms with Gasteiger partial charge < -0.3 is 4.79 Å². The number of rotatable bonds is 6. The molecule has 0 aliphatic carbocycles. The van der Waals surface area contributed by atoms with E-state index in [-0.39, 0.29) is 23.4 Å². The first-order valence-electron chi connectivity index (χ1n) is 5.06. The summed E-state index contributed by atoms with van der Waals surface area (Å²) in [6.07, 6.45) is 2.17. The third-order valence-electron chi connectivity index (χ3n) is 2.47. The topological polar surface area (TPSA) is 34.1 Å². The molecule has 0 rings (SSSR count). The Morgan fingerprint density at radius 1 is 1.15 bits per heavy atom. The van der Waals surface area contributed by atoms with Gasteiger partial charge in [-0.2, -0.15) is 0 Å². The average molecular weight is 184 g/mol. The van der Waals surface area contributed by atoms with Gasteiger partial charge >= 0.3 is 0 Å². The minimum atomic E-state index is -0.0950. The molecule has 0 heterocycles. The molecule has 0 spiro atoms. The standard InChI is InChI=1S/C11H20O2/c1-5-10(6-2)11(13)8(3)7-9(4)12/h8,10H,5-7H2,1-4H3. The van der Waals surface area contributed by atoms with Crippen LogP contribution in [0, 0.1) is 11.8 Å². The zero-order valence-corrected chi connectivity index (χ0v) is 9.09. The quantitative estimate of drug-likeness (QED) is 0.636. The van der Waals surface area contributed by atoms with E-state index in [0.717, 1.165) is 12.8 Å². The fraction of sp³-hybridized carbons (Fsp3) is 0.818. The first-order valence-corrected chi connectivity index (χ1v) is 5.06. The van der Waals surface area contributed by atoms with Gasteiger partial charge in [-0.25, -0.2) is 0 Å². The van der Waals surface area contributed by atoms with Crippen LogP contribution in [0.15, 0.2) is 0 Å². The highest BCUT2D eigenvalue weighted by Crippen LogP contribution is 2.17. The van der Waals surface area contributed by atoms with E-state index in [2.05, 4.69) is 0 Å². The van der Waals surface area contributed by atoms with Gasteiger partial charge in [0, 0.05) is 18.3 Å². The van der Waals surface area contributed by atoms with E-state index in [1.54, 1.807) is 0 Å². The van der Waals surface area contributed by atoms with Gasteiger partial charge in [0.05, 0.1) is 0 Å². The van der Waals surface area contributed by atoms with Gasteiger partial charge in [-0.3, -0.25) is 4.79 Å². The van der Waals surface area contributed by atoms with E-state index in [0.29, 0.717) is 6.42 Å². The van der Waals surface area contributed by atoms with Crippen molar-refractivity contribution in [1.82, 2.24) is 0 Å². The number of hydrogen-bond donors (Lipinski definition) is 0. The maximum atomic E-state index is 11.7. The number of Topliss-reactive ketones (excluding diaryl/α,β-unsaturated/α-hetero) is 2. The summed E-state index contributed by atoms with van der Waals surface area (Å²) >= 11 is 0. The summed E-state index contributed by atoms with van der Waals surface area (Å²) in [4.78, 5) is 22.5. The normalized spacial score (nSPS) is 13.0. The Hall–Kier alpha value is -0.660. The fourth-order valence-electron chi connectivity index (χ4n) is 1.63. The Kier molecular flexibility index (Phi) is 5.60. The van der Waals surface area contributed by atoms with E-state index >= 15 is 0 Å². The highest BCUT2D eigenvalue weighted by molar-refractivity contribution is 5.88. The lowest BCUT2D eigenvalue weighted by atomic mass is 9.87. The molecule has 0 saturated heterocycles. The summed E-state index contributed by atoms with van der Waals surface area (Å²) in [7, 11) is 0. The summed E-state index contributed by atoms with van der Waals surface area (Å²) in [5, 5.41) is 0. The second kappa shape index (κ2) is 5.90. The minimum Gasteiger partial charge on any atom is -0.300 e. The zero-order valence-electron chi connectivity index (χ0n) is 9.09. The van der Waals surface area contributed by atoms with Crippen molar-refractivity contribution in [2.24, 2.45) is 11.8 Å². The van der Waals surface area contributed by atoms with Gasteiger partial charge in [0.25, 0.3) is 0 Å². The second-order valence-corrected chi connectivity index (χ2v) is 3.72. The third kappa shape index (κ3) is 4.20. The van der Waals surface area contributed by atoms with Gasteiger partial charge in [-0.1, -0.05) is 20.8 Å². The summed E-state index contributed by atoms with van der Waals surface area (Å²) in [5.41, 5.74) is 0. The predicted octanol–water partition coefficient (Wildman–Crippen LogP) is 2.61. The molecule has 13 heavy (non-hydrogen) atoms. The Balaban J connectivity index is 4.14. The van der Waals surface area contributed by atoms with Crippen LogP contribution >= 0.6 is 0 Å². The van der Waals surface area contributed by atoms with Crippen molar-refractivity contribution >= 4 is 11.6 Å². The molecule has 1 atom stereocenters. The summed E-state index contributed by atoms with van der Waals surface area (Å²) in [6.45, 7) is 7.43. The fourth-order valence-corrected chi connectivity index (χ4v) is 1.63. The molecule has 0 N–H and O–H groups in total. The van der Waals surface area contributed by atoms with Crippen molar-refractivity contribution in [3.8, 4) is 0 Å². The molecule has 0 aromatic heterocycles. The Bertz CT molecular complexity index is 181. The molecule has 0 aromatic carbocycles. The molecule has 0 bridgehead atoms. The molecule has 76 valence electrons. The molecular formula is C11H20O2. The average Bonchev–Trinajstić information content (AvgIpc) is 2.05. The monoisotopic (exact) mass is 184 g/mol. The van der Waals surface area contributed by atoms with Gasteiger partial charge in [0.15, 0.2) is 0 Å². The molecule has 0 aliphatic heterocycles. The maximum Gasteiger partial charge on any atom is 0.139 e. The van der Waals surface area contributed by atoms with Crippen molar-refractivity contribution in [2.45, 2.75) is 47.0 Å². The lowest BCUT2D eigenvalue weighted by molar-refractivity contribution is -0.129. The van der Waals surface area contributed by atoms with Crippen LogP contribution in [-0.4, -0.2) is 11.6 Å². The van der Waals surface area contributed by atoms with E-state index in [1.807, 2.05) is 20.8 Å². The molecule has 1 unspecified atom stereocenters. The van der Waals surface area contributed by atoms with Crippen LogP contribution in [0.4, 0.5) is 0 Å². The van der Waals surface area contributed by atoms with Gasteiger partial charge in [0.1, 0.15) is 11.6 Å². The SMILES string of the molecule is CCC(CC)C(=O)C(C)CC(C)=O. The first kappa shape index (κ1) is 12.3. The molecule has 0 radical (unpaired) electrons. The molecule has 0 amide bonds. The number of carbonyl (C=O) groups is 2. The molecule has 2 nitrogen and oxygen atoms in total. The molecule has 2 heteroatoms. The van der Waals surface area contributed by atoms with Crippen molar-refractivity contribution in [3.63, 3.8) is 0 Å². The van der Waals surface area contributed by atoms with Crippen LogP contribution in [0.1, 0.15) is 47.0 Å². The van der Waals surface area contributed by atoms with E-state index < -0.39 is 0 Å². The largest absolute Gasteiger partial charge is 0.300 e. The van der Waals surface area contributed by atoms with E-state index in [4.69, 9.17) is 0 Å². The van der Waals surface area contributed by atoms with Crippen LogP contribution in [-0.2, 0) is 9.59 Å². The van der Waals surface area contributed by atoms with Gasteiger partial charge in [-0.15, -0.1) is 0 Å². The predicted molar refractivity (Wildman–Crippen MR) is 53.5 cm³/mol. The van der Waals surface area contributed by atoms with Crippen LogP contribution in [0.2, 0.25) is 0 Å². The molecule has 0 aliphatic rings. The Morgan fingerprint density at radius 3 is 1.92 bits per heavy atom. The highest BCUT2D eigenvalue weighted by Gasteiger charge is 2.21. The lowest BCUT2D eigenvalue weighted by Crippen LogP contribution is -2.22. The van der Waals surface area contributed by atoms with Crippen LogP contribution in [0.5, 0.6) is 0 Å². The van der Waals surface area contributed by atoms with Crippen molar-refractivity contribution < 1.29 is 9.59 Å². The van der Waals surface area contributed by atoms with Crippen LogP contribution < -0.4 is 0 Å². The summed E-state index contributed by atoms with van der Waals surface area (Å²) in [6, 6.07) is 0. The maximum absolute atomic E-state index is 11.7. The number of carbonyl (C=O) groups excluding carboxylic acids is 2. The Morgan fingerprint density at radius 2 is 1.62 bits per heavy atom. The second-order valence-electron chi connectivity index (χ2n) is 3.72. The first-order chi connectivity index (χ1) is 6.02. The number of ketones is 2. The summed E-state index contributed by atoms with van der Waals surface area (Å²) < 4.78 is 0. The molecule has 0 aromatic rings. The Labute approximate surface area is 80.7 Å². The lowest BCUT2D eigenvalue weighted by Gasteiger charge is -2.15. The highest BCUT2D eigenvalue weighted by atomic mass is 16.1. The van der Waals surface area contributed by atoms with Crippen molar-refractivity contribution in [3.05, 3.63) is 0 Å². The zero-order chi connectivity index (χ0) is 10.4. The molecule has 0 saturated carbocycles. The van der Waals surface area contributed by atoms with Crippen LogP contribution in [0.25, 0.3) is 0 Å². The summed E-state index contributed by atoms with van der Waals surface area (Å²) in [5.74, 6) is 0.406. The van der Waals surface area contributed by atoms with Crippen molar-refractivity contribution in [2.75, 3.05) is 0 Å². The molecule has 0 fully saturated rings. The van der Waals surface area contributed by atoms with Gasteiger partial charge in [0.2, 0.25) is 0 Å². The van der Waals surface area contributed by atoms with Gasteiger partial charge in [-0.05, 0) is 19.8 Å². The molecular weight excluding hydrogens is 164 g/mol. The van der Waals surface area contributed by atoms with E-state index in [9.17, 15) is 9.59 Å². The van der Waals surface area contributed by atoms with E-state index in [1.165, 1.54) is 6.92 Å². The smallest absolute Gasteiger partial charge is 0.139 e. The third-order valence-corrected chi connectivity index (χ3v) is 2.47. The minimum absolute atomic E-state index is 0.0950. The van der Waals surface area contributed by atoms with Crippen LogP contribution in [0.3, 0.4) is 0 Å².